The summed E-state index contributed by atoms with van der Waals surface area (Å²) in [7, 11) is -3.71. The number of thiophene rings is 1. The normalized spacial score (nSPS) is 19.5. The van der Waals surface area contributed by atoms with Crippen LogP contribution in [0.4, 0.5) is 23.2 Å². The molecule has 1 aromatic heterocycles. The number of nitrogens with zero attached hydrogens (tertiary/aromatic N) is 2. The summed E-state index contributed by atoms with van der Waals surface area (Å²) in [5, 5.41) is 11.6. The van der Waals surface area contributed by atoms with Crippen molar-refractivity contribution in [3.63, 3.8) is 0 Å². The van der Waals surface area contributed by atoms with Crippen molar-refractivity contribution in [1.82, 2.24) is 4.31 Å². The Balaban J connectivity index is 1.64. The molecule has 0 aliphatic carbocycles. The Hall–Kier alpha value is -2.47. The van der Waals surface area contributed by atoms with E-state index < -0.39 is 33.7 Å². The van der Waals surface area contributed by atoms with Crippen molar-refractivity contribution in [3.05, 3.63) is 83.0 Å². The topological polar surface area (TPSA) is 60.9 Å². The number of hydrogen-bond donors (Lipinski definition) is 1. The summed E-state index contributed by atoms with van der Waals surface area (Å²) in [6.07, 6.45) is -4.51. The second-order valence-corrected chi connectivity index (χ2v) is 11.7. The molecule has 4 rings (SSSR count). The van der Waals surface area contributed by atoms with Crippen LogP contribution in [-0.4, -0.2) is 49.7 Å². The van der Waals surface area contributed by atoms with Crippen molar-refractivity contribution in [2.45, 2.75) is 35.4 Å². The Kier molecular flexibility index (Phi) is 6.98. The zero-order valence-electron chi connectivity index (χ0n) is 18.7. The van der Waals surface area contributed by atoms with Gasteiger partial charge in [0.15, 0.2) is 5.60 Å². The standard InChI is InChI=1S/C24H24F4N2O3S2/c1-23(31,24(26,27)28)18-7-9-20(10-8-18)30-12-11-29(35(32,33)22-6-3-13-34-22)16-21(30)15-17-4-2-5-19(25)14-17/h2-10,13-14,21,31H,11-12,15-16H2,1H3/t21-,23-/m1/s1. The maximum Gasteiger partial charge on any atom is 0.421 e. The third kappa shape index (κ3) is 5.23. The molecular weight excluding hydrogens is 504 g/mol. The average Bonchev–Trinajstić information content (AvgIpc) is 3.34. The van der Waals surface area contributed by atoms with Crippen LogP contribution in [0, 0.1) is 5.82 Å². The van der Waals surface area contributed by atoms with E-state index in [0.29, 0.717) is 31.1 Å². The maximum absolute atomic E-state index is 13.8. The Labute approximate surface area is 205 Å². The van der Waals surface area contributed by atoms with E-state index in [4.69, 9.17) is 0 Å². The first-order valence-electron chi connectivity index (χ1n) is 10.8. The first-order valence-corrected chi connectivity index (χ1v) is 13.2. The highest BCUT2D eigenvalue weighted by molar-refractivity contribution is 7.91. The van der Waals surface area contributed by atoms with Crippen LogP contribution in [0.1, 0.15) is 18.1 Å². The summed E-state index contributed by atoms with van der Waals surface area (Å²) < 4.78 is 81.4. The third-order valence-corrected chi connectivity index (χ3v) is 9.45. The van der Waals surface area contributed by atoms with Gasteiger partial charge < -0.3 is 10.0 Å². The number of benzene rings is 2. The third-order valence-electron chi connectivity index (χ3n) is 6.21. The van der Waals surface area contributed by atoms with Gasteiger partial charge in [0, 0.05) is 31.4 Å². The zero-order chi connectivity index (χ0) is 25.4. The number of anilines is 1. The molecule has 188 valence electrons. The molecule has 5 nitrogen and oxygen atoms in total. The van der Waals surface area contributed by atoms with E-state index in [-0.39, 0.29) is 22.9 Å². The van der Waals surface area contributed by atoms with Crippen LogP contribution < -0.4 is 4.90 Å². The van der Waals surface area contributed by atoms with Gasteiger partial charge in [-0.25, -0.2) is 12.8 Å². The lowest BCUT2D eigenvalue weighted by molar-refractivity contribution is -0.258. The first-order chi connectivity index (χ1) is 16.4. The molecule has 0 amide bonds. The summed E-state index contributed by atoms with van der Waals surface area (Å²) in [5.74, 6) is -0.411. The maximum atomic E-state index is 13.8. The van der Waals surface area contributed by atoms with E-state index in [1.54, 1.807) is 29.6 Å². The molecule has 3 aromatic rings. The summed E-state index contributed by atoms with van der Waals surface area (Å²) in [6, 6.07) is 14.2. The van der Waals surface area contributed by atoms with Crippen LogP contribution in [0.5, 0.6) is 0 Å². The van der Waals surface area contributed by atoms with E-state index in [1.165, 1.54) is 40.7 Å². The second kappa shape index (κ2) is 9.53. The van der Waals surface area contributed by atoms with Crippen molar-refractivity contribution in [1.29, 1.82) is 0 Å². The van der Waals surface area contributed by atoms with Crippen LogP contribution in [0.3, 0.4) is 0 Å². The van der Waals surface area contributed by atoms with Gasteiger partial charge in [-0.2, -0.15) is 17.5 Å². The van der Waals surface area contributed by atoms with Gasteiger partial charge in [-0.3, -0.25) is 0 Å². The zero-order valence-corrected chi connectivity index (χ0v) is 20.4. The fourth-order valence-electron chi connectivity index (χ4n) is 4.17. The van der Waals surface area contributed by atoms with E-state index in [0.717, 1.165) is 11.3 Å². The van der Waals surface area contributed by atoms with E-state index >= 15 is 0 Å². The highest BCUT2D eigenvalue weighted by Crippen LogP contribution is 2.39. The number of halogens is 4. The van der Waals surface area contributed by atoms with Gasteiger partial charge >= 0.3 is 6.18 Å². The van der Waals surface area contributed by atoms with Crippen LogP contribution >= 0.6 is 11.3 Å². The van der Waals surface area contributed by atoms with E-state index in [2.05, 4.69) is 0 Å². The van der Waals surface area contributed by atoms with Crippen molar-refractivity contribution < 1.29 is 31.1 Å². The predicted molar refractivity (Wildman–Crippen MR) is 126 cm³/mol. The van der Waals surface area contributed by atoms with Gasteiger partial charge in [-0.05, 0) is 60.2 Å². The fraction of sp³-hybridized carbons (Fsp3) is 0.333. The van der Waals surface area contributed by atoms with E-state index in [9.17, 15) is 31.1 Å². The molecule has 0 bridgehead atoms. The van der Waals surface area contributed by atoms with Crippen LogP contribution in [-0.2, 0) is 22.0 Å². The molecular formula is C24H24F4N2O3S2. The number of hydrogen-bond acceptors (Lipinski definition) is 5. The number of sulfonamides is 1. The number of alkyl halides is 3. The van der Waals surface area contributed by atoms with Crippen molar-refractivity contribution in [3.8, 4) is 0 Å². The summed E-state index contributed by atoms with van der Waals surface area (Å²) in [6.45, 7) is 1.29. The summed E-state index contributed by atoms with van der Waals surface area (Å²) in [5.41, 5.74) is -2.04. The van der Waals surface area contributed by atoms with Gasteiger partial charge in [-0.1, -0.05) is 30.3 Å². The fourth-order valence-corrected chi connectivity index (χ4v) is 6.79. The Bertz CT molecular complexity index is 1260. The molecule has 1 saturated heterocycles. The smallest absolute Gasteiger partial charge is 0.376 e. The van der Waals surface area contributed by atoms with Crippen molar-refractivity contribution in [2.24, 2.45) is 0 Å². The van der Waals surface area contributed by atoms with Crippen molar-refractivity contribution >= 4 is 27.0 Å². The molecule has 0 unspecified atom stereocenters. The minimum absolute atomic E-state index is 0.124. The second-order valence-electron chi connectivity index (χ2n) is 8.59. The van der Waals surface area contributed by atoms with Gasteiger partial charge in [0.25, 0.3) is 10.0 Å². The Morgan fingerprint density at radius 3 is 2.37 bits per heavy atom. The molecule has 0 spiro atoms. The largest absolute Gasteiger partial charge is 0.421 e. The van der Waals surface area contributed by atoms with Crippen LogP contribution in [0.25, 0.3) is 0 Å². The van der Waals surface area contributed by atoms with Gasteiger partial charge in [0.2, 0.25) is 0 Å². The molecule has 0 radical (unpaired) electrons. The summed E-state index contributed by atoms with van der Waals surface area (Å²) in [4.78, 5) is 1.91. The van der Waals surface area contributed by atoms with Gasteiger partial charge in [0.1, 0.15) is 10.0 Å². The molecule has 1 aliphatic heterocycles. The quantitative estimate of drug-likeness (QED) is 0.468. The first kappa shape index (κ1) is 25.6. The predicted octanol–water partition coefficient (Wildman–Crippen LogP) is 4.78. The minimum atomic E-state index is -4.84. The number of piperazine rings is 1. The molecule has 1 fully saturated rings. The molecule has 11 heteroatoms. The molecule has 2 aromatic carbocycles. The lowest BCUT2D eigenvalue weighted by Gasteiger charge is -2.42. The lowest BCUT2D eigenvalue weighted by atomic mass is 9.94. The van der Waals surface area contributed by atoms with Crippen molar-refractivity contribution in [2.75, 3.05) is 24.5 Å². The van der Waals surface area contributed by atoms with E-state index in [1.807, 2.05) is 4.90 Å². The summed E-state index contributed by atoms with van der Waals surface area (Å²) >= 11 is 1.13. The Morgan fingerprint density at radius 2 is 1.77 bits per heavy atom. The van der Waals surface area contributed by atoms with Crippen LogP contribution in [0.2, 0.25) is 0 Å². The molecule has 1 N–H and O–H groups in total. The number of rotatable bonds is 6. The van der Waals surface area contributed by atoms with Gasteiger partial charge in [-0.15, -0.1) is 11.3 Å². The molecule has 1 aliphatic rings. The number of aliphatic hydroxyl groups is 1. The average molecular weight is 529 g/mol. The highest BCUT2D eigenvalue weighted by Gasteiger charge is 2.51. The lowest BCUT2D eigenvalue weighted by Crippen LogP contribution is -2.55. The highest BCUT2D eigenvalue weighted by atomic mass is 32.2. The molecule has 35 heavy (non-hydrogen) atoms. The monoisotopic (exact) mass is 528 g/mol. The van der Waals surface area contributed by atoms with Gasteiger partial charge in [0.05, 0.1) is 0 Å². The minimum Gasteiger partial charge on any atom is -0.376 e. The molecule has 2 heterocycles. The molecule has 0 saturated carbocycles. The van der Waals surface area contributed by atoms with Crippen LogP contribution in [0.15, 0.2) is 70.3 Å². The Morgan fingerprint density at radius 1 is 1.06 bits per heavy atom. The molecule has 2 atom stereocenters. The SMILES string of the molecule is C[C@@](O)(c1ccc(N2CCN(S(=O)(=O)c3cccs3)C[C@H]2Cc2cccc(F)c2)cc1)C(F)(F)F.